The van der Waals surface area contributed by atoms with E-state index in [9.17, 15) is 0 Å². The molecule has 1 aromatic carbocycles. The van der Waals surface area contributed by atoms with Crippen LogP contribution in [0.4, 0.5) is 0 Å². The quantitative estimate of drug-likeness (QED) is 0.647. The van der Waals surface area contributed by atoms with Gasteiger partial charge in [-0.2, -0.15) is 0 Å². The fourth-order valence-corrected chi connectivity index (χ4v) is 1.23. The molecule has 0 spiro atoms. The third kappa shape index (κ3) is 4.21. The molecule has 3 nitrogen and oxygen atoms in total. The summed E-state index contributed by atoms with van der Waals surface area (Å²) in [7, 11) is 1.64. The van der Waals surface area contributed by atoms with Crippen LogP contribution in [0.25, 0.3) is 0 Å². The lowest BCUT2D eigenvalue weighted by Crippen LogP contribution is -2.03. The molecule has 0 heterocycles. The number of ether oxygens (including phenoxy) is 3. The summed E-state index contributed by atoms with van der Waals surface area (Å²) in [5, 5.41) is 0. The largest absolute Gasteiger partial charge is 0.493 e. The average Bonchev–Trinajstić information content (AvgIpc) is 2.29. The molecule has 0 aliphatic heterocycles. The summed E-state index contributed by atoms with van der Waals surface area (Å²) in [5.41, 5.74) is 0. The fourth-order valence-electron chi connectivity index (χ4n) is 1.23. The molecule has 1 aromatic rings. The molecule has 0 fully saturated rings. The first-order valence-corrected chi connectivity index (χ1v) is 5.22. The van der Waals surface area contributed by atoms with Crippen molar-refractivity contribution in [3.8, 4) is 11.5 Å². The minimum absolute atomic E-state index is 0.653. The number of hydrogen-bond acceptors (Lipinski definition) is 3. The highest BCUT2D eigenvalue weighted by Gasteiger charge is 2.01. The van der Waals surface area contributed by atoms with Crippen molar-refractivity contribution in [2.75, 3.05) is 26.9 Å². The van der Waals surface area contributed by atoms with Gasteiger partial charge in [-0.1, -0.05) is 12.1 Å². The van der Waals surface area contributed by atoms with Crippen molar-refractivity contribution in [3.63, 3.8) is 0 Å². The van der Waals surface area contributed by atoms with Crippen LogP contribution in [-0.2, 0) is 4.74 Å². The van der Waals surface area contributed by atoms with Gasteiger partial charge in [0.15, 0.2) is 11.5 Å². The van der Waals surface area contributed by atoms with Gasteiger partial charge in [0.1, 0.15) is 0 Å². The van der Waals surface area contributed by atoms with E-state index >= 15 is 0 Å². The Balaban J connectivity index is 2.30. The highest BCUT2D eigenvalue weighted by molar-refractivity contribution is 5.39. The Morgan fingerprint density at radius 3 is 2.47 bits per heavy atom. The molecule has 0 bridgehead atoms. The van der Waals surface area contributed by atoms with Crippen molar-refractivity contribution < 1.29 is 14.2 Å². The zero-order chi connectivity index (χ0) is 10.9. The van der Waals surface area contributed by atoms with E-state index in [1.54, 1.807) is 7.11 Å². The molecule has 0 saturated heterocycles. The second-order valence-electron chi connectivity index (χ2n) is 3.05. The number of benzene rings is 1. The highest BCUT2D eigenvalue weighted by Crippen LogP contribution is 2.25. The smallest absolute Gasteiger partial charge is 0.161 e. The monoisotopic (exact) mass is 210 g/mol. The molecule has 0 unspecified atom stereocenters. The molecule has 0 amide bonds. The van der Waals surface area contributed by atoms with E-state index in [2.05, 4.69) is 0 Å². The summed E-state index contributed by atoms with van der Waals surface area (Å²) >= 11 is 0. The minimum atomic E-state index is 0.653. The Morgan fingerprint density at radius 1 is 1.07 bits per heavy atom. The minimum Gasteiger partial charge on any atom is -0.493 e. The van der Waals surface area contributed by atoms with Crippen LogP contribution in [0.15, 0.2) is 24.3 Å². The van der Waals surface area contributed by atoms with Gasteiger partial charge in [-0.05, 0) is 19.1 Å². The number of para-hydroxylation sites is 2. The Labute approximate surface area is 91.0 Å². The van der Waals surface area contributed by atoms with Gasteiger partial charge in [-0.15, -0.1) is 0 Å². The number of methoxy groups -OCH3 is 1. The normalized spacial score (nSPS) is 10.0. The molecule has 0 aliphatic rings. The van der Waals surface area contributed by atoms with E-state index in [0.29, 0.717) is 6.61 Å². The van der Waals surface area contributed by atoms with Gasteiger partial charge >= 0.3 is 0 Å². The van der Waals surface area contributed by atoms with E-state index in [1.807, 2.05) is 31.2 Å². The van der Waals surface area contributed by atoms with E-state index in [0.717, 1.165) is 31.1 Å². The van der Waals surface area contributed by atoms with E-state index in [4.69, 9.17) is 14.2 Å². The average molecular weight is 210 g/mol. The Kier molecular flexibility index (Phi) is 5.63. The SMILES string of the molecule is CCOCCCOc1ccccc1OC. The first kappa shape index (κ1) is 11.9. The molecule has 0 aliphatic carbocycles. The van der Waals surface area contributed by atoms with Crippen LogP contribution >= 0.6 is 0 Å². The lowest BCUT2D eigenvalue weighted by molar-refractivity contribution is 0.130. The van der Waals surface area contributed by atoms with Crippen LogP contribution in [0.5, 0.6) is 11.5 Å². The molecule has 15 heavy (non-hydrogen) atoms. The fraction of sp³-hybridized carbons (Fsp3) is 0.500. The van der Waals surface area contributed by atoms with Gasteiger partial charge in [-0.25, -0.2) is 0 Å². The standard InChI is InChI=1S/C12H18O3/c1-3-14-9-6-10-15-12-8-5-4-7-11(12)13-2/h4-5,7-8H,3,6,9-10H2,1-2H3. The predicted octanol–water partition coefficient (Wildman–Crippen LogP) is 2.50. The van der Waals surface area contributed by atoms with Crippen LogP contribution in [0, 0.1) is 0 Å². The van der Waals surface area contributed by atoms with Crippen molar-refractivity contribution in [3.05, 3.63) is 24.3 Å². The van der Waals surface area contributed by atoms with Crippen LogP contribution in [0.2, 0.25) is 0 Å². The van der Waals surface area contributed by atoms with Crippen molar-refractivity contribution in [2.24, 2.45) is 0 Å². The van der Waals surface area contributed by atoms with Crippen molar-refractivity contribution >= 4 is 0 Å². The Morgan fingerprint density at radius 2 is 1.80 bits per heavy atom. The van der Waals surface area contributed by atoms with Gasteiger partial charge in [0.25, 0.3) is 0 Å². The summed E-state index contributed by atoms with van der Waals surface area (Å²) in [6.07, 6.45) is 0.895. The maximum Gasteiger partial charge on any atom is 0.161 e. The highest BCUT2D eigenvalue weighted by atomic mass is 16.5. The van der Waals surface area contributed by atoms with Crippen molar-refractivity contribution in [1.29, 1.82) is 0 Å². The van der Waals surface area contributed by atoms with Gasteiger partial charge < -0.3 is 14.2 Å². The molecule has 0 N–H and O–H groups in total. The zero-order valence-corrected chi connectivity index (χ0v) is 9.36. The van der Waals surface area contributed by atoms with E-state index in [-0.39, 0.29) is 0 Å². The van der Waals surface area contributed by atoms with Crippen LogP contribution in [0.1, 0.15) is 13.3 Å². The Hall–Kier alpha value is -1.22. The van der Waals surface area contributed by atoms with Crippen molar-refractivity contribution in [2.45, 2.75) is 13.3 Å². The van der Waals surface area contributed by atoms with Gasteiger partial charge in [0.05, 0.1) is 13.7 Å². The molecule has 0 saturated carbocycles. The van der Waals surface area contributed by atoms with Crippen LogP contribution in [0.3, 0.4) is 0 Å². The van der Waals surface area contributed by atoms with E-state index < -0.39 is 0 Å². The van der Waals surface area contributed by atoms with E-state index in [1.165, 1.54) is 0 Å². The summed E-state index contributed by atoms with van der Waals surface area (Å²) in [4.78, 5) is 0. The van der Waals surface area contributed by atoms with Gasteiger partial charge in [0, 0.05) is 19.6 Å². The molecular weight excluding hydrogens is 192 g/mol. The zero-order valence-electron chi connectivity index (χ0n) is 9.36. The summed E-state index contributed by atoms with van der Waals surface area (Å²) in [6.45, 7) is 4.14. The second kappa shape index (κ2) is 7.12. The molecule has 1 rings (SSSR count). The number of rotatable bonds is 7. The van der Waals surface area contributed by atoms with Gasteiger partial charge in [-0.3, -0.25) is 0 Å². The third-order valence-electron chi connectivity index (χ3n) is 1.96. The lowest BCUT2D eigenvalue weighted by atomic mass is 10.3. The van der Waals surface area contributed by atoms with Crippen LogP contribution in [-0.4, -0.2) is 26.9 Å². The molecule has 84 valence electrons. The summed E-state index contributed by atoms with van der Waals surface area (Å²) in [5.74, 6) is 1.56. The van der Waals surface area contributed by atoms with Crippen molar-refractivity contribution in [1.82, 2.24) is 0 Å². The maximum absolute atomic E-state index is 5.57. The molecular formula is C12H18O3. The second-order valence-corrected chi connectivity index (χ2v) is 3.05. The Bertz CT molecular complexity index is 273. The lowest BCUT2D eigenvalue weighted by Gasteiger charge is -2.09. The summed E-state index contributed by atoms with van der Waals surface area (Å²) < 4.78 is 16.0. The van der Waals surface area contributed by atoms with Crippen LogP contribution < -0.4 is 9.47 Å². The number of hydrogen-bond donors (Lipinski definition) is 0. The van der Waals surface area contributed by atoms with Gasteiger partial charge in [0.2, 0.25) is 0 Å². The first-order chi connectivity index (χ1) is 7.38. The maximum atomic E-state index is 5.57. The molecule has 0 radical (unpaired) electrons. The topological polar surface area (TPSA) is 27.7 Å². The molecule has 0 atom stereocenters. The molecule has 0 aromatic heterocycles. The third-order valence-corrected chi connectivity index (χ3v) is 1.96. The molecule has 3 heteroatoms. The predicted molar refractivity (Wildman–Crippen MR) is 59.6 cm³/mol. The first-order valence-electron chi connectivity index (χ1n) is 5.22. The summed E-state index contributed by atoms with van der Waals surface area (Å²) in [6, 6.07) is 7.64.